The van der Waals surface area contributed by atoms with E-state index in [0.29, 0.717) is 29.2 Å². The molecule has 0 spiro atoms. The van der Waals surface area contributed by atoms with Gasteiger partial charge in [-0.3, -0.25) is 14.3 Å². The predicted molar refractivity (Wildman–Crippen MR) is 100 cm³/mol. The maximum absolute atomic E-state index is 12.8. The van der Waals surface area contributed by atoms with E-state index in [2.05, 4.69) is 30.7 Å². The lowest BCUT2D eigenvalue weighted by Gasteiger charge is -2.11. The number of aromatic nitrogens is 5. The molecule has 9 nitrogen and oxygen atoms in total. The van der Waals surface area contributed by atoms with Crippen molar-refractivity contribution in [3.63, 3.8) is 0 Å². The normalized spacial score (nSPS) is 10.5. The number of ketones is 1. The second-order valence-corrected chi connectivity index (χ2v) is 5.93. The van der Waals surface area contributed by atoms with Crippen LogP contribution >= 0.6 is 11.6 Å². The number of halogens is 1. The number of aryl methyl sites for hydroxylation is 1. The van der Waals surface area contributed by atoms with E-state index in [1.165, 1.54) is 17.2 Å². The summed E-state index contributed by atoms with van der Waals surface area (Å²) in [4.78, 5) is 36.9. The van der Waals surface area contributed by atoms with Crippen molar-refractivity contribution < 1.29 is 9.59 Å². The molecule has 0 aromatic carbocycles. The summed E-state index contributed by atoms with van der Waals surface area (Å²) in [5.41, 5.74) is 1.69. The maximum Gasteiger partial charge on any atom is 0.276 e. The number of nitrogens with one attached hydrogen (secondary N) is 2. The first-order valence-electron chi connectivity index (χ1n) is 8.04. The third-order valence-electron chi connectivity index (χ3n) is 3.69. The molecule has 3 aromatic rings. The Morgan fingerprint density at radius 1 is 1.15 bits per heavy atom. The summed E-state index contributed by atoms with van der Waals surface area (Å²) in [6, 6.07) is 3.18. The molecule has 3 heterocycles. The van der Waals surface area contributed by atoms with E-state index in [1.54, 1.807) is 38.5 Å². The van der Waals surface area contributed by atoms with Gasteiger partial charge in [0.25, 0.3) is 5.91 Å². The minimum Gasteiger partial charge on any atom is -0.351 e. The second kappa shape index (κ2) is 7.92. The highest BCUT2D eigenvalue weighted by Gasteiger charge is 2.20. The molecular formula is C17H16ClN7O2. The molecule has 0 radical (unpaired) electrons. The summed E-state index contributed by atoms with van der Waals surface area (Å²) in [5.74, 6) is -0.667. The third-order valence-corrected chi connectivity index (χ3v) is 3.90. The van der Waals surface area contributed by atoms with Crippen LogP contribution in [0.4, 0.5) is 17.1 Å². The molecule has 0 bridgehead atoms. The Balaban J connectivity index is 1.91. The Morgan fingerprint density at radius 3 is 2.59 bits per heavy atom. The van der Waals surface area contributed by atoms with Crippen LogP contribution in [0.15, 0.2) is 37.1 Å². The average molecular weight is 386 g/mol. The van der Waals surface area contributed by atoms with Gasteiger partial charge >= 0.3 is 0 Å². The fourth-order valence-electron chi connectivity index (χ4n) is 2.44. The summed E-state index contributed by atoms with van der Waals surface area (Å²) < 4.78 is 1.42. The standard InChI is InChI=1S/C17H16ClN7O2/c1-3-13(26)16-12(8-21-25(16)2)23-17(27)15-11(4-5-14(18)24-15)22-10-6-19-9-20-7-10/h4-9,22H,3H2,1-2H3,(H,23,27). The minimum absolute atomic E-state index is 0.0603. The molecule has 0 aliphatic heterocycles. The molecule has 0 fully saturated rings. The number of amides is 1. The number of hydrogen-bond acceptors (Lipinski definition) is 7. The van der Waals surface area contributed by atoms with Crippen LogP contribution in [0.3, 0.4) is 0 Å². The molecule has 2 N–H and O–H groups in total. The number of carbonyl (C=O) groups excluding carboxylic acids is 2. The van der Waals surface area contributed by atoms with Crippen LogP contribution < -0.4 is 10.6 Å². The van der Waals surface area contributed by atoms with E-state index in [0.717, 1.165) is 0 Å². The van der Waals surface area contributed by atoms with Crippen molar-refractivity contribution >= 4 is 40.4 Å². The number of hydrogen-bond donors (Lipinski definition) is 2. The first kappa shape index (κ1) is 18.5. The molecule has 10 heteroatoms. The monoisotopic (exact) mass is 385 g/mol. The Morgan fingerprint density at radius 2 is 1.89 bits per heavy atom. The molecule has 0 unspecified atom stereocenters. The smallest absolute Gasteiger partial charge is 0.276 e. The van der Waals surface area contributed by atoms with Crippen molar-refractivity contribution in [2.75, 3.05) is 10.6 Å². The van der Waals surface area contributed by atoms with Gasteiger partial charge in [0.15, 0.2) is 11.5 Å². The highest BCUT2D eigenvalue weighted by molar-refractivity contribution is 6.29. The zero-order valence-corrected chi connectivity index (χ0v) is 15.4. The van der Waals surface area contributed by atoms with E-state index in [4.69, 9.17) is 11.6 Å². The van der Waals surface area contributed by atoms with Gasteiger partial charge in [-0.1, -0.05) is 18.5 Å². The van der Waals surface area contributed by atoms with Gasteiger partial charge in [0.2, 0.25) is 0 Å². The number of nitrogens with zero attached hydrogens (tertiary/aromatic N) is 5. The lowest BCUT2D eigenvalue weighted by molar-refractivity contribution is 0.0980. The molecule has 3 aromatic heterocycles. The highest BCUT2D eigenvalue weighted by Crippen LogP contribution is 2.23. The summed E-state index contributed by atoms with van der Waals surface area (Å²) in [6.45, 7) is 1.74. The molecule has 3 rings (SSSR count). The molecule has 27 heavy (non-hydrogen) atoms. The number of Topliss-reactive ketones (excluding diaryl/α,β-unsaturated/α-hetero) is 1. The molecule has 1 amide bonds. The summed E-state index contributed by atoms with van der Waals surface area (Å²) in [7, 11) is 1.64. The third kappa shape index (κ3) is 4.09. The number of anilines is 3. The lowest BCUT2D eigenvalue weighted by Crippen LogP contribution is -2.18. The van der Waals surface area contributed by atoms with Crippen LogP contribution in [0.25, 0.3) is 0 Å². The number of carbonyl (C=O) groups is 2. The van der Waals surface area contributed by atoms with Crippen molar-refractivity contribution in [3.05, 3.63) is 53.6 Å². The van der Waals surface area contributed by atoms with Gasteiger partial charge in [0, 0.05) is 13.5 Å². The quantitative estimate of drug-likeness (QED) is 0.495. The van der Waals surface area contributed by atoms with Crippen LogP contribution in [0.1, 0.15) is 34.3 Å². The van der Waals surface area contributed by atoms with Crippen LogP contribution in [0, 0.1) is 0 Å². The molecule has 0 aliphatic carbocycles. The van der Waals surface area contributed by atoms with Crippen molar-refractivity contribution in [1.29, 1.82) is 0 Å². The SMILES string of the molecule is CCC(=O)c1c(NC(=O)c2nc(Cl)ccc2Nc2cncnc2)cnn1C. The van der Waals surface area contributed by atoms with Crippen LogP contribution in [0.2, 0.25) is 5.15 Å². The zero-order chi connectivity index (χ0) is 19.4. The number of pyridine rings is 1. The fraction of sp³-hybridized carbons (Fsp3) is 0.176. The molecule has 0 aliphatic rings. The maximum atomic E-state index is 12.8. The summed E-state index contributed by atoms with van der Waals surface area (Å²) >= 11 is 5.96. The van der Waals surface area contributed by atoms with Crippen molar-refractivity contribution in [2.45, 2.75) is 13.3 Å². The Kier molecular flexibility index (Phi) is 5.41. The Hall–Kier alpha value is -3.33. The largest absolute Gasteiger partial charge is 0.351 e. The summed E-state index contributed by atoms with van der Waals surface area (Å²) in [6.07, 6.45) is 6.22. The molecule has 0 saturated carbocycles. The van der Waals surface area contributed by atoms with Crippen LogP contribution in [0.5, 0.6) is 0 Å². The molecular weight excluding hydrogens is 370 g/mol. The van der Waals surface area contributed by atoms with Gasteiger partial charge in [0.05, 0.1) is 35.7 Å². The fourth-order valence-corrected chi connectivity index (χ4v) is 2.58. The highest BCUT2D eigenvalue weighted by atomic mass is 35.5. The summed E-state index contributed by atoms with van der Waals surface area (Å²) in [5, 5.41) is 9.91. The van der Waals surface area contributed by atoms with Crippen molar-refractivity contribution in [2.24, 2.45) is 7.05 Å². The van der Waals surface area contributed by atoms with Crippen LogP contribution in [-0.2, 0) is 7.05 Å². The van der Waals surface area contributed by atoms with Crippen molar-refractivity contribution in [1.82, 2.24) is 24.7 Å². The van der Waals surface area contributed by atoms with Crippen molar-refractivity contribution in [3.8, 4) is 0 Å². The number of rotatable bonds is 6. The van der Waals surface area contributed by atoms with E-state index in [9.17, 15) is 9.59 Å². The lowest BCUT2D eigenvalue weighted by atomic mass is 10.2. The minimum atomic E-state index is -0.532. The van der Waals surface area contributed by atoms with E-state index in [1.807, 2.05) is 0 Å². The molecule has 138 valence electrons. The van der Waals surface area contributed by atoms with Crippen LogP contribution in [-0.4, -0.2) is 36.4 Å². The first-order chi connectivity index (χ1) is 13.0. The molecule has 0 saturated heterocycles. The van der Waals surface area contributed by atoms with Gasteiger partial charge in [-0.15, -0.1) is 0 Å². The van der Waals surface area contributed by atoms with Gasteiger partial charge < -0.3 is 10.6 Å². The van der Waals surface area contributed by atoms with E-state index < -0.39 is 5.91 Å². The van der Waals surface area contributed by atoms with Gasteiger partial charge in [-0.05, 0) is 12.1 Å². The van der Waals surface area contributed by atoms with Gasteiger partial charge in [0.1, 0.15) is 17.2 Å². The second-order valence-electron chi connectivity index (χ2n) is 5.54. The Labute approximate surface area is 159 Å². The molecule has 0 atom stereocenters. The zero-order valence-electron chi connectivity index (χ0n) is 14.6. The Bertz CT molecular complexity index is 988. The van der Waals surface area contributed by atoms with Gasteiger partial charge in [-0.2, -0.15) is 5.10 Å². The average Bonchev–Trinajstić information content (AvgIpc) is 3.03. The van der Waals surface area contributed by atoms with E-state index in [-0.39, 0.29) is 16.6 Å². The predicted octanol–water partition coefficient (Wildman–Crippen LogP) is 2.85. The topological polar surface area (TPSA) is 115 Å². The van der Waals surface area contributed by atoms with E-state index >= 15 is 0 Å². The van der Waals surface area contributed by atoms with Gasteiger partial charge in [-0.25, -0.2) is 15.0 Å². The first-order valence-corrected chi connectivity index (χ1v) is 8.42.